The summed E-state index contributed by atoms with van der Waals surface area (Å²) < 4.78 is 4.35. The van der Waals surface area contributed by atoms with Gasteiger partial charge in [0, 0.05) is 17.7 Å². The van der Waals surface area contributed by atoms with E-state index in [1.54, 1.807) is 0 Å². The van der Waals surface area contributed by atoms with Gasteiger partial charge in [-0.2, -0.15) is 0 Å². The first kappa shape index (κ1) is 12.6. The van der Waals surface area contributed by atoms with Crippen LogP contribution in [0, 0.1) is 10.1 Å². The molecule has 0 atom stereocenters. The first-order valence-electron chi connectivity index (χ1n) is 4.53. The molecule has 0 aromatic heterocycles. The molecule has 6 nitrogen and oxygen atoms in total. The molecule has 0 fully saturated rings. The number of Topliss-reactive ketones (excluding diaryl/α,β-unsaturated/α-hetero) is 1. The Morgan fingerprint density at radius 3 is 2.24 bits per heavy atom. The number of rotatable bonds is 4. The van der Waals surface area contributed by atoms with Crippen molar-refractivity contribution in [3.63, 3.8) is 0 Å². The van der Waals surface area contributed by atoms with E-state index in [0.717, 1.165) is 7.11 Å². The molecule has 0 saturated carbocycles. The second kappa shape index (κ2) is 5.02. The van der Waals surface area contributed by atoms with Gasteiger partial charge < -0.3 is 4.74 Å². The molecule has 6 heteroatoms. The maximum atomic E-state index is 11.7. The quantitative estimate of drug-likeness (QED) is 0.150. The minimum Gasteiger partial charge on any atom is -0.465 e. The number of hydrogen-bond donors (Lipinski definition) is 0. The molecule has 0 amide bonds. The minimum absolute atomic E-state index is 0.134. The molecule has 0 aliphatic rings. The van der Waals surface area contributed by atoms with Crippen LogP contribution in [0.3, 0.4) is 0 Å². The van der Waals surface area contributed by atoms with Crippen molar-refractivity contribution in [2.45, 2.75) is 0 Å². The Hall–Kier alpha value is -2.50. The van der Waals surface area contributed by atoms with Crippen molar-refractivity contribution >= 4 is 17.4 Å². The summed E-state index contributed by atoms with van der Waals surface area (Å²) in [6.45, 7) is 3.30. The summed E-state index contributed by atoms with van der Waals surface area (Å²) >= 11 is 0. The summed E-state index contributed by atoms with van der Waals surface area (Å²) in [5.74, 6) is -1.44. The van der Waals surface area contributed by atoms with E-state index in [1.165, 1.54) is 24.3 Å². The summed E-state index contributed by atoms with van der Waals surface area (Å²) in [5, 5.41) is 10.4. The van der Waals surface area contributed by atoms with Crippen molar-refractivity contribution in [2.24, 2.45) is 0 Å². The smallest absolute Gasteiger partial charge is 0.341 e. The number of hydrogen-bond acceptors (Lipinski definition) is 5. The molecular weight excluding hydrogens is 226 g/mol. The van der Waals surface area contributed by atoms with E-state index in [2.05, 4.69) is 11.3 Å². The number of non-ortho nitro benzene ring substituents is 1. The highest BCUT2D eigenvalue weighted by Crippen LogP contribution is 2.14. The van der Waals surface area contributed by atoms with Crippen molar-refractivity contribution in [3.05, 3.63) is 52.1 Å². The van der Waals surface area contributed by atoms with Gasteiger partial charge in [0.15, 0.2) is 5.78 Å². The lowest BCUT2D eigenvalue weighted by molar-refractivity contribution is -0.384. The molecule has 0 aliphatic heterocycles. The molecule has 0 N–H and O–H groups in total. The molecule has 1 aromatic rings. The number of methoxy groups -OCH3 is 1. The highest BCUT2D eigenvalue weighted by atomic mass is 16.6. The highest BCUT2D eigenvalue weighted by Gasteiger charge is 2.18. The largest absolute Gasteiger partial charge is 0.465 e. The number of benzene rings is 1. The van der Waals surface area contributed by atoms with Gasteiger partial charge in [0.1, 0.15) is 5.57 Å². The Balaban J connectivity index is 2.94. The zero-order valence-electron chi connectivity index (χ0n) is 9.00. The topological polar surface area (TPSA) is 86.5 Å². The van der Waals surface area contributed by atoms with E-state index in [1.807, 2.05) is 0 Å². The number of ketones is 1. The number of nitrogens with zero attached hydrogens (tertiary/aromatic N) is 1. The predicted octanol–water partition coefficient (Wildman–Crippen LogP) is 1.51. The van der Waals surface area contributed by atoms with Gasteiger partial charge >= 0.3 is 5.97 Å². The number of carbonyl (C=O) groups is 2. The normalized spacial score (nSPS) is 9.47. The Labute approximate surface area is 96.7 Å². The van der Waals surface area contributed by atoms with Crippen molar-refractivity contribution in [2.75, 3.05) is 7.11 Å². The van der Waals surface area contributed by atoms with Crippen molar-refractivity contribution in [1.82, 2.24) is 0 Å². The Kier molecular flexibility index (Phi) is 3.71. The van der Waals surface area contributed by atoms with E-state index < -0.39 is 16.7 Å². The Morgan fingerprint density at radius 1 is 1.29 bits per heavy atom. The molecule has 0 spiro atoms. The van der Waals surface area contributed by atoms with Crippen molar-refractivity contribution in [3.8, 4) is 0 Å². The molecule has 0 radical (unpaired) electrons. The molecule has 0 saturated heterocycles. The number of esters is 1. The van der Waals surface area contributed by atoms with Crippen LogP contribution in [0.2, 0.25) is 0 Å². The van der Waals surface area contributed by atoms with Crippen LogP contribution >= 0.6 is 0 Å². The maximum absolute atomic E-state index is 11.7. The number of ether oxygens (including phenoxy) is 1. The van der Waals surface area contributed by atoms with E-state index in [4.69, 9.17) is 0 Å². The number of carbonyl (C=O) groups excluding carboxylic acids is 2. The van der Waals surface area contributed by atoms with Gasteiger partial charge in [-0.1, -0.05) is 6.58 Å². The van der Waals surface area contributed by atoms with Crippen LogP contribution in [0.4, 0.5) is 5.69 Å². The van der Waals surface area contributed by atoms with E-state index in [9.17, 15) is 19.7 Å². The zero-order chi connectivity index (χ0) is 13.0. The molecule has 1 rings (SSSR count). The van der Waals surface area contributed by atoms with E-state index in [0.29, 0.717) is 0 Å². The number of nitro benzene ring substituents is 1. The molecule has 0 bridgehead atoms. The molecule has 17 heavy (non-hydrogen) atoms. The Bertz CT molecular complexity index is 489. The van der Waals surface area contributed by atoms with Crippen LogP contribution < -0.4 is 0 Å². The summed E-state index contributed by atoms with van der Waals surface area (Å²) in [6, 6.07) is 4.87. The fraction of sp³-hybridized carbons (Fsp3) is 0.0909. The van der Waals surface area contributed by atoms with Gasteiger partial charge in [-0.25, -0.2) is 4.79 Å². The van der Waals surface area contributed by atoms with Crippen LogP contribution in [0.25, 0.3) is 0 Å². The van der Waals surface area contributed by atoms with Gasteiger partial charge in [-0.05, 0) is 12.1 Å². The summed E-state index contributed by atoms with van der Waals surface area (Å²) in [7, 11) is 1.14. The number of nitro groups is 1. The van der Waals surface area contributed by atoms with Gasteiger partial charge in [-0.3, -0.25) is 14.9 Å². The van der Waals surface area contributed by atoms with Gasteiger partial charge in [0.2, 0.25) is 0 Å². The fourth-order valence-corrected chi connectivity index (χ4v) is 1.12. The SMILES string of the molecule is C=C(C(=O)OC)C(=O)c1ccc([N+](=O)[O-])cc1. The summed E-state index contributed by atoms with van der Waals surface area (Å²) in [5.41, 5.74) is -0.308. The first-order chi connectivity index (χ1) is 7.97. The second-order valence-electron chi connectivity index (χ2n) is 3.10. The van der Waals surface area contributed by atoms with Crippen LogP contribution in [0.1, 0.15) is 10.4 Å². The zero-order valence-corrected chi connectivity index (χ0v) is 9.00. The first-order valence-corrected chi connectivity index (χ1v) is 4.53. The molecule has 0 aliphatic carbocycles. The van der Waals surface area contributed by atoms with Gasteiger partial charge in [0.25, 0.3) is 5.69 Å². The highest BCUT2D eigenvalue weighted by molar-refractivity contribution is 6.23. The monoisotopic (exact) mass is 235 g/mol. The fourth-order valence-electron chi connectivity index (χ4n) is 1.12. The van der Waals surface area contributed by atoms with Crippen LogP contribution in [-0.4, -0.2) is 23.8 Å². The second-order valence-corrected chi connectivity index (χ2v) is 3.10. The average molecular weight is 235 g/mol. The van der Waals surface area contributed by atoms with Gasteiger partial charge in [0.05, 0.1) is 12.0 Å². The van der Waals surface area contributed by atoms with Crippen LogP contribution in [0.5, 0.6) is 0 Å². The predicted molar refractivity (Wildman–Crippen MR) is 58.6 cm³/mol. The van der Waals surface area contributed by atoms with E-state index >= 15 is 0 Å². The lowest BCUT2D eigenvalue weighted by atomic mass is 10.0. The molecule has 0 heterocycles. The Morgan fingerprint density at radius 2 is 1.82 bits per heavy atom. The minimum atomic E-state index is -0.826. The third-order valence-corrected chi connectivity index (χ3v) is 2.05. The molecule has 1 aromatic carbocycles. The maximum Gasteiger partial charge on any atom is 0.341 e. The van der Waals surface area contributed by atoms with E-state index in [-0.39, 0.29) is 16.8 Å². The lowest BCUT2D eigenvalue weighted by Crippen LogP contribution is -2.13. The average Bonchev–Trinajstić information content (AvgIpc) is 2.36. The van der Waals surface area contributed by atoms with Gasteiger partial charge in [-0.15, -0.1) is 0 Å². The molecular formula is C11H9NO5. The van der Waals surface area contributed by atoms with Crippen LogP contribution in [-0.2, 0) is 9.53 Å². The van der Waals surface area contributed by atoms with Crippen LogP contribution in [0.15, 0.2) is 36.4 Å². The van der Waals surface area contributed by atoms with Crippen molar-refractivity contribution < 1.29 is 19.2 Å². The third-order valence-electron chi connectivity index (χ3n) is 2.05. The lowest BCUT2D eigenvalue weighted by Gasteiger charge is -2.02. The summed E-state index contributed by atoms with van der Waals surface area (Å²) in [6.07, 6.45) is 0. The van der Waals surface area contributed by atoms with Crippen molar-refractivity contribution in [1.29, 1.82) is 0 Å². The molecule has 88 valence electrons. The summed E-state index contributed by atoms with van der Waals surface area (Å²) in [4.78, 5) is 32.5. The standard InChI is InChI=1S/C11H9NO5/c1-7(11(14)17-2)10(13)8-3-5-9(6-4-8)12(15)16/h3-6H,1H2,2H3. The molecule has 0 unspecified atom stereocenters. The third kappa shape index (κ3) is 2.75.